The van der Waals surface area contributed by atoms with Crippen molar-refractivity contribution in [2.24, 2.45) is 0 Å². The summed E-state index contributed by atoms with van der Waals surface area (Å²) in [5.41, 5.74) is 8.38. The van der Waals surface area contributed by atoms with Crippen LogP contribution in [0.1, 0.15) is 18.1 Å². The Hall–Kier alpha value is -1.53. The highest BCUT2D eigenvalue weighted by molar-refractivity contribution is 7.18. The number of nitrogen functional groups attached to an aromatic ring is 1. The van der Waals surface area contributed by atoms with Gasteiger partial charge < -0.3 is 5.73 Å². The van der Waals surface area contributed by atoms with Crippen LogP contribution in [-0.2, 0) is 6.42 Å². The van der Waals surface area contributed by atoms with E-state index in [2.05, 4.69) is 18.4 Å². The molecular weight excluding hydrogens is 192 g/mol. The number of nitrogens with zero attached hydrogens (tertiary/aromatic N) is 1. The predicted octanol–water partition coefficient (Wildman–Crippen LogP) is 2.92. The molecule has 2 rings (SSSR count). The van der Waals surface area contributed by atoms with Gasteiger partial charge in [0.25, 0.3) is 0 Å². The standard InChI is InChI=1S/C11H10N2S/c1-2-7-6-14-11-9(7)4-3-8(5-12)10(11)13/h3-4,6H,2,13H2,1H3. The topological polar surface area (TPSA) is 49.8 Å². The fourth-order valence-electron chi connectivity index (χ4n) is 1.54. The molecule has 0 amide bonds. The van der Waals surface area contributed by atoms with E-state index in [1.807, 2.05) is 6.07 Å². The normalized spacial score (nSPS) is 10.3. The molecule has 1 heterocycles. The Balaban J connectivity index is 2.80. The summed E-state index contributed by atoms with van der Waals surface area (Å²) in [5.74, 6) is 0. The second-order valence-electron chi connectivity index (χ2n) is 3.13. The minimum absolute atomic E-state index is 0.571. The number of rotatable bonds is 1. The Bertz CT molecular complexity index is 520. The van der Waals surface area contributed by atoms with Crippen LogP contribution in [0, 0.1) is 11.3 Å². The largest absolute Gasteiger partial charge is 0.396 e. The number of nitriles is 1. The lowest BCUT2D eigenvalue weighted by molar-refractivity contribution is 1.17. The third-order valence-electron chi connectivity index (χ3n) is 2.36. The third-order valence-corrected chi connectivity index (χ3v) is 3.44. The van der Waals surface area contributed by atoms with Gasteiger partial charge in [0, 0.05) is 0 Å². The van der Waals surface area contributed by atoms with Crippen LogP contribution >= 0.6 is 11.3 Å². The second kappa shape index (κ2) is 3.32. The van der Waals surface area contributed by atoms with Gasteiger partial charge >= 0.3 is 0 Å². The third kappa shape index (κ3) is 1.16. The van der Waals surface area contributed by atoms with Crippen molar-refractivity contribution < 1.29 is 0 Å². The molecule has 0 spiro atoms. The number of nitrogens with two attached hydrogens (primary N) is 1. The molecule has 1 aromatic carbocycles. The van der Waals surface area contributed by atoms with Gasteiger partial charge in [-0.05, 0) is 28.8 Å². The lowest BCUT2D eigenvalue weighted by Gasteiger charge is -1.99. The van der Waals surface area contributed by atoms with E-state index in [9.17, 15) is 0 Å². The van der Waals surface area contributed by atoms with E-state index in [1.54, 1.807) is 17.4 Å². The Kier molecular flexibility index (Phi) is 2.14. The summed E-state index contributed by atoms with van der Waals surface area (Å²) in [6, 6.07) is 5.88. The summed E-state index contributed by atoms with van der Waals surface area (Å²) in [7, 11) is 0. The van der Waals surface area contributed by atoms with Gasteiger partial charge in [-0.3, -0.25) is 0 Å². The molecule has 0 saturated carbocycles. The minimum Gasteiger partial charge on any atom is -0.396 e. The van der Waals surface area contributed by atoms with Crippen molar-refractivity contribution in [3.8, 4) is 6.07 Å². The molecule has 0 aliphatic carbocycles. The molecule has 0 unspecified atom stereocenters. The highest BCUT2D eigenvalue weighted by Gasteiger charge is 2.08. The molecule has 0 fully saturated rings. The van der Waals surface area contributed by atoms with Crippen LogP contribution in [0.3, 0.4) is 0 Å². The van der Waals surface area contributed by atoms with E-state index >= 15 is 0 Å². The molecule has 0 aliphatic rings. The molecule has 70 valence electrons. The number of hydrogen-bond donors (Lipinski definition) is 1. The van der Waals surface area contributed by atoms with Gasteiger partial charge in [0.15, 0.2) is 0 Å². The van der Waals surface area contributed by atoms with Gasteiger partial charge in [0.1, 0.15) is 6.07 Å². The fourth-order valence-corrected chi connectivity index (χ4v) is 2.66. The number of aryl methyl sites for hydroxylation is 1. The van der Waals surface area contributed by atoms with Crippen LogP contribution in [0.15, 0.2) is 17.5 Å². The van der Waals surface area contributed by atoms with E-state index in [4.69, 9.17) is 11.0 Å². The fraction of sp³-hybridized carbons (Fsp3) is 0.182. The van der Waals surface area contributed by atoms with Gasteiger partial charge in [-0.25, -0.2) is 0 Å². The second-order valence-corrected chi connectivity index (χ2v) is 4.01. The van der Waals surface area contributed by atoms with Crippen molar-refractivity contribution in [1.29, 1.82) is 5.26 Å². The predicted molar refractivity (Wildman–Crippen MR) is 60.3 cm³/mol. The van der Waals surface area contributed by atoms with Crippen molar-refractivity contribution in [1.82, 2.24) is 0 Å². The highest BCUT2D eigenvalue weighted by atomic mass is 32.1. The maximum Gasteiger partial charge on any atom is 0.101 e. The van der Waals surface area contributed by atoms with Gasteiger partial charge in [0.05, 0.1) is 16.0 Å². The quantitative estimate of drug-likeness (QED) is 0.723. The highest BCUT2D eigenvalue weighted by Crippen LogP contribution is 2.32. The Morgan fingerprint density at radius 3 is 2.93 bits per heavy atom. The molecule has 0 saturated heterocycles. The van der Waals surface area contributed by atoms with Crippen molar-refractivity contribution in [2.75, 3.05) is 5.73 Å². The maximum atomic E-state index is 8.82. The van der Waals surface area contributed by atoms with Crippen LogP contribution in [0.25, 0.3) is 10.1 Å². The first-order chi connectivity index (χ1) is 6.77. The Morgan fingerprint density at radius 2 is 2.29 bits per heavy atom. The Labute approximate surface area is 86.6 Å². The first kappa shape index (κ1) is 9.04. The zero-order chi connectivity index (χ0) is 10.1. The summed E-state index contributed by atoms with van der Waals surface area (Å²) in [6.45, 7) is 2.12. The monoisotopic (exact) mass is 202 g/mol. The molecule has 3 heteroatoms. The molecule has 2 N–H and O–H groups in total. The van der Waals surface area contributed by atoms with Gasteiger partial charge in [-0.1, -0.05) is 13.0 Å². The minimum atomic E-state index is 0.571. The summed E-state index contributed by atoms with van der Waals surface area (Å²) in [6.07, 6.45) is 1.01. The SMILES string of the molecule is CCc1csc2c(N)c(C#N)ccc12. The lowest BCUT2D eigenvalue weighted by atomic mass is 10.1. The molecule has 14 heavy (non-hydrogen) atoms. The maximum absolute atomic E-state index is 8.82. The van der Waals surface area contributed by atoms with Crippen LogP contribution in [0.5, 0.6) is 0 Å². The van der Waals surface area contributed by atoms with Gasteiger partial charge in [-0.15, -0.1) is 11.3 Å². The number of anilines is 1. The van der Waals surface area contributed by atoms with Gasteiger partial charge in [-0.2, -0.15) is 5.26 Å². The zero-order valence-electron chi connectivity index (χ0n) is 7.87. The van der Waals surface area contributed by atoms with E-state index in [-0.39, 0.29) is 0 Å². The lowest BCUT2D eigenvalue weighted by Crippen LogP contribution is -1.90. The summed E-state index contributed by atoms with van der Waals surface area (Å²) >= 11 is 1.62. The number of thiophene rings is 1. The van der Waals surface area contributed by atoms with Crippen LogP contribution in [-0.4, -0.2) is 0 Å². The first-order valence-electron chi connectivity index (χ1n) is 4.46. The van der Waals surface area contributed by atoms with Crippen molar-refractivity contribution >= 4 is 27.1 Å². The van der Waals surface area contributed by atoms with E-state index in [0.717, 1.165) is 11.1 Å². The van der Waals surface area contributed by atoms with Gasteiger partial charge in [0.2, 0.25) is 0 Å². The molecule has 1 aromatic heterocycles. The summed E-state index contributed by atoms with van der Waals surface area (Å²) in [5, 5.41) is 12.1. The molecule has 2 aromatic rings. The molecule has 0 atom stereocenters. The van der Waals surface area contributed by atoms with Crippen LogP contribution < -0.4 is 5.73 Å². The first-order valence-corrected chi connectivity index (χ1v) is 5.34. The molecule has 0 bridgehead atoms. The summed E-state index contributed by atoms with van der Waals surface area (Å²) in [4.78, 5) is 0. The van der Waals surface area contributed by atoms with E-state index in [1.165, 1.54) is 10.9 Å². The van der Waals surface area contributed by atoms with Crippen molar-refractivity contribution in [3.05, 3.63) is 28.6 Å². The summed E-state index contributed by atoms with van der Waals surface area (Å²) < 4.78 is 1.04. The molecule has 0 radical (unpaired) electrons. The number of fused-ring (bicyclic) bond motifs is 1. The van der Waals surface area contributed by atoms with Crippen LogP contribution in [0.4, 0.5) is 5.69 Å². The average molecular weight is 202 g/mol. The van der Waals surface area contributed by atoms with Crippen molar-refractivity contribution in [3.63, 3.8) is 0 Å². The molecule has 2 nitrogen and oxygen atoms in total. The Morgan fingerprint density at radius 1 is 1.50 bits per heavy atom. The molecular formula is C11H10N2S. The number of hydrogen-bond acceptors (Lipinski definition) is 3. The van der Waals surface area contributed by atoms with E-state index < -0.39 is 0 Å². The molecule has 0 aliphatic heterocycles. The average Bonchev–Trinajstić information content (AvgIpc) is 2.62. The van der Waals surface area contributed by atoms with Crippen molar-refractivity contribution in [2.45, 2.75) is 13.3 Å². The van der Waals surface area contributed by atoms with E-state index in [0.29, 0.717) is 11.3 Å². The zero-order valence-corrected chi connectivity index (χ0v) is 8.69. The smallest absolute Gasteiger partial charge is 0.101 e. The van der Waals surface area contributed by atoms with Crippen LogP contribution in [0.2, 0.25) is 0 Å². The number of benzene rings is 1.